The summed E-state index contributed by atoms with van der Waals surface area (Å²) in [6.45, 7) is 3.84. The molecule has 0 unspecified atom stereocenters. The van der Waals surface area contributed by atoms with E-state index in [1.807, 2.05) is 19.1 Å². The Morgan fingerprint density at radius 3 is 2.71 bits per heavy atom. The Hall–Kier alpha value is -2.83. The van der Waals surface area contributed by atoms with Crippen LogP contribution in [0.2, 0.25) is 0 Å². The van der Waals surface area contributed by atoms with Crippen LogP contribution in [0.3, 0.4) is 0 Å². The zero-order chi connectivity index (χ0) is 16.4. The van der Waals surface area contributed by atoms with Crippen LogP contribution >= 0.6 is 0 Å². The van der Waals surface area contributed by atoms with E-state index in [0.29, 0.717) is 6.04 Å². The molecule has 7 heteroatoms. The predicted molar refractivity (Wildman–Crippen MR) is 93.0 cm³/mol. The number of aryl methyl sites for hydroxylation is 1. The maximum absolute atomic E-state index is 4.68. The maximum Gasteiger partial charge on any atom is 0.140 e. The third-order valence-electron chi connectivity index (χ3n) is 4.32. The fraction of sp³-hybridized carbons (Fsp3) is 0.353. The molecule has 1 aliphatic rings. The molecule has 0 aromatic carbocycles. The number of anilines is 2. The van der Waals surface area contributed by atoms with Crippen LogP contribution in [0.25, 0.3) is 10.9 Å². The molecule has 1 fully saturated rings. The van der Waals surface area contributed by atoms with Crippen LogP contribution in [0.4, 0.5) is 11.6 Å². The number of nitrogens with one attached hydrogen (secondary N) is 1. The molecule has 0 saturated carbocycles. The molecule has 122 valence electrons. The highest BCUT2D eigenvalue weighted by molar-refractivity contribution is 5.88. The molecule has 3 aromatic rings. The van der Waals surface area contributed by atoms with Crippen LogP contribution in [0.1, 0.15) is 18.7 Å². The van der Waals surface area contributed by atoms with Gasteiger partial charge in [-0.2, -0.15) is 0 Å². The topological polar surface area (TPSA) is 79.7 Å². The van der Waals surface area contributed by atoms with Gasteiger partial charge in [-0.15, -0.1) is 0 Å². The van der Waals surface area contributed by atoms with Crippen LogP contribution in [-0.4, -0.2) is 44.1 Å². The molecule has 0 radical (unpaired) electrons. The first kappa shape index (κ1) is 14.7. The number of rotatable bonds is 3. The molecule has 24 heavy (non-hydrogen) atoms. The van der Waals surface area contributed by atoms with E-state index in [-0.39, 0.29) is 0 Å². The molecule has 4 heterocycles. The quantitative estimate of drug-likeness (QED) is 0.792. The van der Waals surface area contributed by atoms with Gasteiger partial charge in [0, 0.05) is 36.9 Å². The second kappa shape index (κ2) is 6.35. The average Bonchev–Trinajstić information content (AvgIpc) is 2.62. The summed E-state index contributed by atoms with van der Waals surface area (Å²) < 4.78 is 0. The Bertz CT molecular complexity index is 829. The molecule has 0 bridgehead atoms. The lowest BCUT2D eigenvalue weighted by atomic mass is 10.0. The lowest BCUT2D eigenvalue weighted by Crippen LogP contribution is -2.39. The molecule has 0 atom stereocenters. The van der Waals surface area contributed by atoms with Crippen LogP contribution in [0.5, 0.6) is 0 Å². The van der Waals surface area contributed by atoms with Gasteiger partial charge in [0.05, 0.1) is 11.7 Å². The van der Waals surface area contributed by atoms with Gasteiger partial charge in [0.15, 0.2) is 0 Å². The Balaban J connectivity index is 1.50. The van der Waals surface area contributed by atoms with Gasteiger partial charge in [-0.1, -0.05) is 0 Å². The van der Waals surface area contributed by atoms with Crippen LogP contribution in [0.15, 0.2) is 37.1 Å². The largest absolute Gasteiger partial charge is 0.367 e. The Morgan fingerprint density at radius 2 is 1.92 bits per heavy atom. The summed E-state index contributed by atoms with van der Waals surface area (Å²) in [5, 5.41) is 4.55. The summed E-state index contributed by atoms with van der Waals surface area (Å²) in [6.07, 6.45) is 9.01. The van der Waals surface area contributed by atoms with E-state index in [1.54, 1.807) is 24.9 Å². The minimum atomic E-state index is 0.423. The van der Waals surface area contributed by atoms with Crippen molar-refractivity contribution in [1.29, 1.82) is 0 Å². The van der Waals surface area contributed by atoms with Crippen molar-refractivity contribution in [3.63, 3.8) is 0 Å². The minimum Gasteiger partial charge on any atom is -0.367 e. The van der Waals surface area contributed by atoms with Gasteiger partial charge in [0.2, 0.25) is 0 Å². The highest BCUT2D eigenvalue weighted by atomic mass is 15.2. The van der Waals surface area contributed by atoms with Gasteiger partial charge in [-0.3, -0.25) is 4.98 Å². The summed E-state index contributed by atoms with van der Waals surface area (Å²) in [5.41, 5.74) is 0.904. The molecule has 0 spiro atoms. The number of fused-ring (bicyclic) bond motifs is 1. The monoisotopic (exact) mass is 321 g/mol. The summed E-state index contributed by atoms with van der Waals surface area (Å²) in [4.78, 5) is 23.9. The standard InChI is InChI=1S/C17H19N7/c1-12-21-15-10-18-6-2-14(15)17(22-12)24-8-4-13(5-9-24)23-16-3-7-19-11-20-16/h2-3,6-7,10-11,13H,4-5,8-9H2,1H3,(H,19,20,23). The van der Waals surface area contributed by atoms with E-state index in [2.05, 4.69) is 35.1 Å². The fourth-order valence-electron chi connectivity index (χ4n) is 3.14. The van der Waals surface area contributed by atoms with E-state index in [9.17, 15) is 0 Å². The van der Waals surface area contributed by atoms with Crippen molar-refractivity contribution in [2.75, 3.05) is 23.3 Å². The van der Waals surface area contributed by atoms with Gasteiger partial charge in [0.25, 0.3) is 0 Å². The first-order valence-corrected chi connectivity index (χ1v) is 8.15. The first-order valence-electron chi connectivity index (χ1n) is 8.15. The summed E-state index contributed by atoms with van der Waals surface area (Å²) in [6, 6.07) is 4.32. The van der Waals surface area contributed by atoms with Crippen molar-refractivity contribution in [3.05, 3.63) is 42.9 Å². The molecule has 1 N–H and O–H groups in total. The molecular weight excluding hydrogens is 302 g/mol. The number of hydrogen-bond donors (Lipinski definition) is 1. The molecular formula is C17H19N7. The Labute approximate surface area is 140 Å². The zero-order valence-electron chi connectivity index (χ0n) is 13.6. The minimum absolute atomic E-state index is 0.423. The summed E-state index contributed by atoms with van der Waals surface area (Å²) in [5.74, 6) is 2.69. The number of pyridine rings is 1. The van der Waals surface area contributed by atoms with Crippen molar-refractivity contribution in [3.8, 4) is 0 Å². The van der Waals surface area contributed by atoms with Crippen LogP contribution in [-0.2, 0) is 0 Å². The first-order chi connectivity index (χ1) is 11.8. The molecule has 1 saturated heterocycles. The van der Waals surface area contributed by atoms with Crippen LogP contribution in [0, 0.1) is 6.92 Å². The zero-order valence-corrected chi connectivity index (χ0v) is 13.6. The second-order valence-electron chi connectivity index (χ2n) is 5.99. The average molecular weight is 321 g/mol. The molecule has 7 nitrogen and oxygen atoms in total. The number of nitrogens with zero attached hydrogens (tertiary/aromatic N) is 6. The maximum atomic E-state index is 4.68. The molecule has 3 aromatic heterocycles. The SMILES string of the molecule is Cc1nc(N2CCC(Nc3ccncn3)CC2)c2ccncc2n1. The van der Waals surface area contributed by atoms with E-state index in [0.717, 1.165) is 54.3 Å². The van der Waals surface area contributed by atoms with E-state index >= 15 is 0 Å². The van der Waals surface area contributed by atoms with Crippen molar-refractivity contribution in [2.24, 2.45) is 0 Å². The third kappa shape index (κ3) is 2.97. The lowest BCUT2D eigenvalue weighted by molar-refractivity contribution is 0.523. The smallest absolute Gasteiger partial charge is 0.140 e. The molecule has 0 aliphatic carbocycles. The number of piperidine rings is 1. The molecule has 1 aliphatic heterocycles. The van der Waals surface area contributed by atoms with Crippen molar-refractivity contribution in [1.82, 2.24) is 24.9 Å². The number of hydrogen-bond acceptors (Lipinski definition) is 7. The van der Waals surface area contributed by atoms with Crippen LogP contribution < -0.4 is 10.2 Å². The van der Waals surface area contributed by atoms with Gasteiger partial charge in [-0.05, 0) is 31.9 Å². The van der Waals surface area contributed by atoms with Crippen molar-refractivity contribution in [2.45, 2.75) is 25.8 Å². The Morgan fingerprint density at radius 1 is 1.08 bits per heavy atom. The predicted octanol–water partition coefficient (Wildman–Crippen LogP) is 2.20. The van der Waals surface area contributed by atoms with Gasteiger partial charge < -0.3 is 10.2 Å². The fourth-order valence-corrected chi connectivity index (χ4v) is 3.14. The Kier molecular flexibility index (Phi) is 3.90. The third-order valence-corrected chi connectivity index (χ3v) is 4.32. The number of aromatic nitrogens is 5. The van der Waals surface area contributed by atoms with Gasteiger partial charge in [0.1, 0.15) is 23.8 Å². The highest BCUT2D eigenvalue weighted by Crippen LogP contribution is 2.26. The second-order valence-corrected chi connectivity index (χ2v) is 5.99. The van der Waals surface area contributed by atoms with E-state index in [4.69, 9.17) is 0 Å². The summed E-state index contributed by atoms with van der Waals surface area (Å²) >= 11 is 0. The molecule has 4 rings (SSSR count). The lowest BCUT2D eigenvalue weighted by Gasteiger charge is -2.34. The normalized spacial score (nSPS) is 15.6. The van der Waals surface area contributed by atoms with Crippen molar-refractivity contribution < 1.29 is 0 Å². The highest BCUT2D eigenvalue weighted by Gasteiger charge is 2.22. The van der Waals surface area contributed by atoms with Gasteiger partial charge >= 0.3 is 0 Å². The van der Waals surface area contributed by atoms with Crippen molar-refractivity contribution >= 4 is 22.5 Å². The summed E-state index contributed by atoms with van der Waals surface area (Å²) in [7, 11) is 0. The molecule has 0 amide bonds. The van der Waals surface area contributed by atoms with E-state index in [1.165, 1.54) is 0 Å². The van der Waals surface area contributed by atoms with Gasteiger partial charge in [-0.25, -0.2) is 19.9 Å². The van der Waals surface area contributed by atoms with E-state index < -0.39 is 0 Å².